The lowest BCUT2D eigenvalue weighted by atomic mass is 10.1. The number of ether oxygens (including phenoxy) is 2. The van der Waals surface area contributed by atoms with E-state index in [9.17, 15) is 14.4 Å². The number of aryl methyl sites for hydroxylation is 1. The Morgan fingerprint density at radius 1 is 1.10 bits per heavy atom. The third-order valence-corrected chi connectivity index (χ3v) is 2.84. The Morgan fingerprint density at radius 3 is 2.10 bits per heavy atom. The molecule has 6 heteroatoms. The largest absolute Gasteiger partial charge is 0.468 e. The monoisotopic (exact) mass is 279 g/mol. The minimum Gasteiger partial charge on any atom is -0.468 e. The maximum atomic E-state index is 12.3. The zero-order chi connectivity index (χ0) is 15.3. The summed E-state index contributed by atoms with van der Waals surface area (Å²) < 4.78 is 8.96. The van der Waals surface area contributed by atoms with Crippen molar-refractivity contribution in [3.05, 3.63) is 29.8 Å². The second-order valence-corrected chi connectivity index (χ2v) is 4.22. The van der Waals surface area contributed by atoms with Gasteiger partial charge in [-0.2, -0.15) is 0 Å². The van der Waals surface area contributed by atoms with Crippen LogP contribution in [0.5, 0.6) is 0 Å². The van der Waals surface area contributed by atoms with Gasteiger partial charge in [0.1, 0.15) is 0 Å². The average Bonchev–Trinajstić information content (AvgIpc) is 2.45. The van der Waals surface area contributed by atoms with Crippen LogP contribution in [0, 0.1) is 12.8 Å². The zero-order valence-corrected chi connectivity index (χ0v) is 11.9. The molecule has 0 N–H and O–H groups in total. The number of carbonyl (C=O) groups is 3. The van der Waals surface area contributed by atoms with Crippen molar-refractivity contribution in [1.29, 1.82) is 0 Å². The third-order valence-electron chi connectivity index (χ3n) is 2.84. The summed E-state index contributed by atoms with van der Waals surface area (Å²) in [5, 5.41) is 0. The van der Waals surface area contributed by atoms with E-state index in [4.69, 9.17) is 0 Å². The predicted molar refractivity (Wildman–Crippen MR) is 72.1 cm³/mol. The lowest BCUT2D eigenvalue weighted by Gasteiger charge is -2.21. The van der Waals surface area contributed by atoms with E-state index < -0.39 is 23.8 Å². The number of esters is 2. The lowest BCUT2D eigenvalue weighted by molar-refractivity contribution is -0.161. The van der Waals surface area contributed by atoms with E-state index >= 15 is 0 Å². The molecule has 0 heterocycles. The van der Waals surface area contributed by atoms with Crippen molar-refractivity contribution in [3.63, 3.8) is 0 Å². The highest BCUT2D eigenvalue weighted by atomic mass is 16.5. The van der Waals surface area contributed by atoms with E-state index in [-0.39, 0.29) is 0 Å². The van der Waals surface area contributed by atoms with Crippen LogP contribution in [0.1, 0.15) is 5.56 Å². The molecule has 108 valence electrons. The van der Waals surface area contributed by atoms with Gasteiger partial charge in [0.05, 0.1) is 14.2 Å². The summed E-state index contributed by atoms with van der Waals surface area (Å²) in [6, 6.07) is 7.12. The Balaban J connectivity index is 3.06. The second kappa shape index (κ2) is 6.70. The normalized spacial score (nSPS) is 10.1. The molecule has 1 amide bonds. The van der Waals surface area contributed by atoms with Gasteiger partial charge in [-0.25, -0.2) is 0 Å². The van der Waals surface area contributed by atoms with Crippen molar-refractivity contribution in [3.8, 4) is 0 Å². The first-order valence-electron chi connectivity index (χ1n) is 5.92. The van der Waals surface area contributed by atoms with E-state index in [1.807, 2.05) is 13.0 Å². The Hall–Kier alpha value is -2.37. The first kappa shape index (κ1) is 15.7. The molecule has 0 atom stereocenters. The van der Waals surface area contributed by atoms with Gasteiger partial charge >= 0.3 is 11.9 Å². The van der Waals surface area contributed by atoms with Gasteiger partial charge in [0, 0.05) is 12.7 Å². The summed E-state index contributed by atoms with van der Waals surface area (Å²) in [4.78, 5) is 36.7. The summed E-state index contributed by atoms with van der Waals surface area (Å²) in [6.45, 7) is 1.87. The molecule has 0 radical (unpaired) electrons. The van der Waals surface area contributed by atoms with Gasteiger partial charge < -0.3 is 14.4 Å². The standard InChI is InChI=1S/C14H17NO5/c1-9-6-5-7-10(8-9)15(2)12(16)11(13(17)19-3)14(18)20-4/h5-8,11H,1-4H3. The van der Waals surface area contributed by atoms with Crippen LogP contribution < -0.4 is 4.90 Å². The number of rotatable bonds is 4. The number of hydrogen-bond acceptors (Lipinski definition) is 5. The molecule has 0 bridgehead atoms. The van der Waals surface area contributed by atoms with E-state index in [0.29, 0.717) is 5.69 Å². The fourth-order valence-corrected chi connectivity index (χ4v) is 1.69. The van der Waals surface area contributed by atoms with E-state index in [1.165, 1.54) is 11.9 Å². The summed E-state index contributed by atoms with van der Waals surface area (Å²) >= 11 is 0. The number of hydrogen-bond donors (Lipinski definition) is 0. The minimum atomic E-state index is -1.62. The third kappa shape index (κ3) is 3.34. The molecule has 0 fully saturated rings. The van der Waals surface area contributed by atoms with E-state index in [2.05, 4.69) is 9.47 Å². The molecule has 0 aliphatic rings. The van der Waals surface area contributed by atoms with Gasteiger partial charge in [0.15, 0.2) is 0 Å². The van der Waals surface area contributed by atoms with Gasteiger partial charge in [-0.05, 0) is 24.6 Å². The van der Waals surface area contributed by atoms with Crippen molar-refractivity contribution in [2.45, 2.75) is 6.92 Å². The Kier molecular flexibility index (Phi) is 5.25. The molecule has 20 heavy (non-hydrogen) atoms. The maximum absolute atomic E-state index is 12.3. The number of nitrogens with zero attached hydrogens (tertiary/aromatic N) is 1. The molecule has 0 unspecified atom stereocenters. The summed E-state index contributed by atoms with van der Waals surface area (Å²) in [5.74, 6) is -4.20. The SMILES string of the molecule is COC(=O)C(C(=O)OC)C(=O)N(C)c1cccc(C)c1. The van der Waals surface area contributed by atoms with E-state index in [0.717, 1.165) is 19.8 Å². The molecule has 0 aromatic heterocycles. The number of benzene rings is 1. The first-order valence-corrected chi connectivity index (χ1v) is 5.92. The number of carbonyl (C=O) groups excluding carboxylic acids is 3. The summed E-state index contributed by atoms with van der Waals surface area (Å²) in [5.41, 5.74) is 1.53. The smallest absolute Gasteiger partial charge is 0.329 e. The van der Waals surface area contributed by atoms with Crippen molar-refractivity contribution in [2.75, 3.05) is 26.2 Å². The molecule has 0 aliphatic carbocycles. The predicted octanol–water partition coefficient (Wildman–Crippen LogP) is 0.920. The van der Waals surface area contributed by atoms with Crippen LogP contribution >= 0.6 is 0 Å². The topological polar surface area (TPSA) is 72.9 Å². The van der Waals surface area contributed by atoms with Crippen LogP contribution in [-0.2, 0) is 23.9 Å². The maximum Gasteiger partial charge on any atom is 0.329 e. The molecule has 0 spiro atoms. The molecular formula is C14H17NO5. The molecule has 6 nitrogen and oxygen atoms in total. The van der Waals surface area contributed by atoms with Crippen LogP contribution in [-0.4, -0.2) is 39.1 Å². The van der Waals surface area contributed by atoms with Crippen LogP contribution in [0.2, 0.25) is 0 Å². The van der Waals surface area contributed by atoms with Crippen molar-refractivity contribution >= 4 is 23.5 Å². The van der Waals surface area contributed by atoms with Crippen molar-refractivity contribution in [1.82, 2.24) is 0 Å². The molecular weight excluding hydrogens is 262 g/mol. The lowest BCUT2D eigenvalue weighted by Crippen LogP contribution is -2.42. The number of amides is 1. The van der Waals surface area contributed by atoms with Crippen LogP contribution in [0.3, 0.4) is 0 Å². The fraction of sp³-hybridized carbons (Fsp3) is 0.357. The highest BCUT2D eigenvalue weighted by molar-refractivity contribution is 6.18. The Bertz CT molecular complexity index is 510. The fourth-order valence-electron chi connectivity index (χ4n) is 1.69. The Morgan fingerprint density at radius 2 is 1.65 bits per heavy atom. The molecule has 0 aliphatic heterocycles. The molecule has 1 aromatic carbocycles. The molecule has 0 saturated heterocycles. The minimum absolute atomic E-state index is 0.577. The summed E-state index contributed by atoms with van der Waals surface area (Å²) in [7, 11) is 3.70. The molecule has 1 rings (SSSR count). The van der Waals surface area contributed by atoms with E-state index in [1.54, 1.807) is 18.2 Å². The number of methoxy groups -OCH3 is 2. The molecule has 1 aromatic rings. The molecule has 0 saturated carbocycles. The van der Waals surface area contributed by atoms with Crippen molar-refractivity contribution in [2.24, 2.45) is 5.92 Å². The summed E-state index contributed by atoms with van der Waals surface area (Å²) in [6.07, 6.45) is 0. The highest BCUT2D eigenvalue weighted by Crippen LogP contribution is 2.18. The second-order valence-electron chi connectivity index (χ2n) is 4.22. The average molecular weight is 279 g/mol. The van der Waals surface area contributed by atoms with Crippen LogP contribution in [0.15, 0.2) is 24.3 Å². The van der Waals surface area contributed by atoms with Gasteiger partial charge in [0.2, 0.25) is 5.92 Å². The Labute approximate surface area is 117 Å². The first-order chi connectivity index (χ1) is 9.42. The highest BCUT2D eigenvalue weighted by Gasteiger charge is 2.38. The van der Waals surface area contributed by atoms with Gasteiger partial charge in [-0.3, -0.25) is 14.4 Å². The van der Waals surface area contributed by atoms with Crippen LogP contribution in [0.25, 0.3) is 0 Å². The van der Waals surface area contributed by atoms with Crippen LogP contribution in [0.4, 0.5) is 5.69 Å². The quantitative estimate of drug-likeness (QED) is 0.605. The zero-order valence-electron chi connectivity index (χ0n) is 11.9. The van der Waals surface area contributed by atoms with Crippen molar-refractivity contribution < 1.29 is 23.9 Å². The number of anilines is 1. The van der Waals surface area contributed by atoms with Gasteiger partial charge in [-0.15, -0.1) is 0 Å². The van der Waals surface area contributed by atoms with Gasteiger partial charge in [-0.1, -0.05) is 12.1 Å². The van der Waals surface area contributed by atoms with Gasteiger partial charge in [0.25, 0.3) is 5.91 Å².